The van der Waals surface area contributed by atoms with Crippen molar-refractivity contribution >= 4 is 11.6 Å². The summed E-state index contributed by atoms with van der Waals surface area (Å²) in [6.07, 6.45) is 4.33. The number of nitrogens with zero attached hydrogens (tertiary/aromatic N) is 4. The minimum atomic E-state index is 0.184. The van der Waals surface area contributed by atoms with Gasteiger partial charge in [-0.05, 0) is 24.5 Å². The van der Waals surface area contributed by atoms with Crippen molar-refractivity contribution in [1.29, 1.82) is 0 Å². The molecule has 2 atom stereocenters. The predicted octanol–water partition coefficient (Wildman–Crippen LogP) is 1.36. The molecule has 2 aliphatic heterocycles. The van der Waals surface area contributed by atoms with Crippen molar-refractivity contribution in [3.05, 3.63) is 35.8 Å². The number of fused-ring (bicyclic) bond motifs is 1. The van der Waals surface area contributed by atoms with Crippen LogP contribution in [0.5, 0.6) is 0 Å². The van der Waals surface area contributed by atoms with Crippen LogP contribution in [-0.2, 0) is 16.0 Å². The van der Waals surface area contributed by atoms with Crippen molar-refractivity contribution in [2.24, 2.45) is 5.92 Å². The Labute approximate surface area is 148 Å². The Kier molecular flexibility index (Phi) is 4.48. The van der Waals surface area contributed by atoms with E-state index < -0.39 is 0 Å². The third-order valence-corrected chi connectivity index (χ3v) is 5.50. The lowest BCUT2D eigenvalue weighted by Gasteiger charge is -2.33. The van der Waals surface area contributed by atoms with Crippen molar-refractivity contribution in [1.82, 2.24) is 19.2 Å². The summed E-state index contributed by atoms with van der Waals surface area (Å²) in [6, 6.07) is 4.50. The second-order valence-corrected chi connectivity index (χ2v) is 7.32. The number of hydrogen-bond acceptors (Lipinski definition) is 4. The zero-order chi connectivity index (χ0) is 17.4. The molecule has 0 N–H and O–H groups in total. The van der Waals surface area contributed by atoms with E-state index in [0.29, 0.717) is 18.4 Å². The van der Waals surface area contributed by atoms with Crippen molar-refractivity contribution in [2.75, 3.05) is 39.4 Å². The molecule has 2 aromatic rings. The van der Waals surface area contributed by atoms with Gasteiger partial charge in [0.1, 0.15) is 5.65 Å². The van der Waals surface area contributed by atoms with Gasteiger partial charge >= 0.3 is 0 Å². The number of rotatable bonds is 3. The number of aromatic nitrogens is 2. The van der Waals surface area contributed by atoms with E-state index in [4.69, 9.17) is 4.74 Å². The smallest absolute Gasteiger partial charge is 0.228 e. The van der Waals surface area contributed by atoms with Crippen molar-refractivity contribution in [3.8, 4) is 0 Å². The van der Waals surface area contributed by atoms with E-state index in [2.05, 4.69) is 16.8 Å². The summed E-state index contributed by atoms with van der Waals surface area (Å²) >= 11 is 0. The van der Waals surface area contributed by atoms with E-state index in [1.54, 1.807) is 0 Å². The topological polar surface area (TPSA) is 50.1 Å². The van der Waals surface area contributed by atoms with Crippen LogP contribution in [0.15, 0.2) is 24.5 Å². The Morgan fingerprint density at radius 3 is 2.88 bits per heavy atom. The van der Waals surface area contributed by atoms with Crippen LogP contribution in [0.3, 0.4) is 0 Å². The number of ether oxygens (including phenoxy) is 1. The number of imidazole rings is 1. The summed E-state index contributed by atoms with van der Waals surface area (Å²) in [4.78, 5) is 21.9. The number of amides is 1. The lowest BCUT2D eigenvalue weighted by Crippen LogP contribution is -2.47. The first-order chi connectivity index (χ1) is 12.1. The molecular weight excluding hydrogens is 316 g/mol. The third-order valence-electron chi connectivity index (χ3n) is 5.50. The van der Waals surface area contributed by atoms with Gasteiger partial charge in [-0.25, -0.2) is 4.98 Å². The maximum Gasteiger partial charge on any atom is 0.228 e. The van der Waals surface area contributed by atoms with E-state index in [1.807, 2.05) is 40.8 Å². The van der Waals surface area contributed by atoms with Crippen LogP contribution in [-0.4, -0.2) is 70.5 Å². The number of likely N-dealkylation sites (tertiary alicyclic amines) is 1. The lowest BCUT2D eigenvalue weighted by atomic mass is 10.0. The highest BCUT2D eigenvalue weighted by molar-refractivity contribution is 5.79. The first-order valence-electron chi connectivity index (χ1n) is 9.14. The summed E-state index contributed by atoms with van der Waals surface area (Å²) in [7, 11) is 0. The normalized spacial score (nSPS) is 25.0. The van der Waals surface area contributed by atoms with Crippen molar-refractivity contribution in [2.45, 2.75) is 26.3 Å². The number of carbonyl (C=O) groups excluding carboxylic acids is 1. The Balaban J connectivity index is 1.43. The molecule has 2 saturated heterocycles. The third kappa shape index (κ3) is 3.28. The molecular formula is C19H26N4O2. The maximum absolute atomic E-state index is 12.8. The average Bonchev–Trinajstić information content (AvgIpc) is 3.20. The van der Waals surface area contributed by atoms with Gasteiger partial charge in [0, 0.05) is 44.6 Å². The van der Waals surface area contributed by atoms with Crippen LogP contribution >= 0.6 is 0 Å². The molecule has 0 aliphatic carbocycles. The minimum absolute atomic E-state index is 0.184. The highest BCUT2D eigenvalue weighted by Gasteiger charge is 2.36. The SMILES string of the molecule is Cc1cccn2cc(CC(=O)N3C[C@@H](C)[C@@H](N4CCOCC4)C3)nc12. The summed E-state index contributed by atoms with van der Waals surface area (Å²) < 4.78 is 7.45. The molecule has 2 aliphatic rings. The van der Waals surface area contributed by atoms with E-state index in [9.17, 15) is 4.79 Å². The van der Waals surface area contributed by atoms with Crippen molar-refractivity contribution < 1.29 is 9.53 Å². The largest absolute Gasteiger partial charge is 0.379 e. The van der Waals surface area contributed by atoms with Gasteiger partial charge in [-0.15, -0.1) is 0 Å². The van der Waals surface area contributed by atoms with Gasteiger partial charge in [0.05, 0.1) is 25.3 Å². The number of pyridine rings is 1. The lowest BCUT2D eigenvalue weighted by molar-refractivity contribution is -0.129. The number of carbonyl (C=O) groups is 1. The first-order valence-corrected chi connectivity index (χ1v) is 9.14. The van der Waals surface area contributed by atoms with Gasteiger partial charge in [0.25, 0.3) is 0 Å². The minimum Gasteiger partial charge on any atom is -0.379 e. The molecule has 0 aromatic carbocycles. The number of aryl methyl sites for hydroxylation is 1. The molecule has 6 nitrogen and oxygen atoms in total. The quantitative estimate of drug-likeness (QED) is 0.845. The van der Waals surface area contributed by atoms with Crippen LogP contribution in [0, 0.1) is 12.8 Å². The molecule has 0 saturated carbocycles. The molecule has 4 rings (SSSR count). The highest BCUT2D eigenvalue weighted by atomic mass is 16.5. The van der Waals surface area contributed by atoms with Crippen LogP contribution in [0.2, 0.25) is 0 Å². The standard InChI is InChI=1S/C19H26N4O2/c1-14-4-3-5-22-12-16(20-19(14)22)10-18(24)23-11-15(2)17(13-23)21-6-8-25-9-7-21/h3-5,12,15,17H,6-11,13H2,1-2H3/t15-,17+/m1/s1. The van der Waals surface area contributed by atoms with Gasteiger partial charge in [-0.1, -0.05) is 13.0 Å². The van der Waals surface area contributed by atoms with Gasteiger partial charge in [-0.3, -0.25) is 9.69 Å². The summed E-state index contributed by atoms with van der Waals surface area (Å²) in [6.45, 7) is 9.52. The summed E-state index contributed by atoms with van der Waals surface area (Å²) in [5, 5.41) is 0. The molecule has 0 spiro atoms. The van der Waals surface area contributed by atoms with Gasteiger partial charge < -0.3 is 14.0 Å². The van der Waals surface area contributed by atoms with E-state index in [1.165, 1.54) is 0 Å². The van der Waals surface area contributed by atoms with Crippen LogP contribution in [0.1, 0.15) is 18.2 Å². The first kappa shape index (κ1) is 16.5. The number of morpholine rings is 1. The molecule has 0 radical (unpaired) electrons. The summed E-state index contributed by atoms with van der Waals surface area (Å²) in [5.41, 5.74) is 2.91. The molecule has 2 aromatic heterocycles. The predicted molar refractivity (Wildman–Crippen MR) is 95.6 cm³/mol. The van der Waals surface area contributed by atoms with Crippen molar-refractivity contribution in [3.63, 3.8) is 0 Å². The monoisotopic (exact) mass is 342 g/mol. The molecule has 6 heteroatoms. The zero-order valence-electron chi connectivity index (χ0n) is 15.0. The molecule has 0 unspecified atom stereocenters. The Morgan fingerprint density at radius 1 is 1.32 bits per heavy atom. The highest BCUT2D eigenvalue weighted by Crippen LogP contribution is 2.23. The average molecular weight is 342 g/mol. The molecule has 0 bridgehead atoms. The van der Waals surface area contributed by atoms with Crippen LogP contribution in [0.25, 0.3) is 5.65 Å². The molecule has 25 heavy (non-hydrogen) atoms. The number of hydrogen-bond donors (Lipinski definition) is 0. The molecule has 4 heterocycles. The van der Waals surface area contributed by atoms with Gasteiger partial charge in [-0.2, -0.15) is 0 Å². The zero-order valence-corrected chi connectivity index (χ0v) is 15.0. The van der Waals surface area contributed by atoms with E-state index in [0.717, 1.165) is 56.3 Å². The fourth-order valence-electron chi connectivity index (χ4n) is 4.09. The summed E-state index contributed by atoms with van der Waals surface area (Å²) in [5.74, 6) is 0.689. The van der Waals surface area contributed by atoms with E-state index in [-0.39, 0.29) is 5.91 Å². The molecule has 1 amide bonds. The maximum atomic E-state index is 12.8. The Bertz CT molecular complexity index is 766. The molecule has 2 fully saturated rings. The fraction of sp³-hybridized carbons (Fsp3) is 0.579. The van der Waals surface area contributed by atoms with Crippen LogP contribution in [0.4, 0.5) is 0 Å². The van der Waals surface area contributed by atoms with E-state index >= 15 is 0 Å². The van der Waals surface area contributed by atoms with Crippen LogP contribution < -0.4 is 0 Å². The Morgan fingerprint density at radius 2 is 2.12 bits per heavy atom. The molecule has 134 valence electrons. The second-order valence-electron chi connectivity index (χ2n) is 7.32. The van der Waals surface area contributed by atoms with Gasteiger partial charge in [0.2, 0.25) is 5.91 Å². The second kappa shape index (κ2) is 6.77. The Hall–Kier alpha value is -1.92. The fourth-order valence-corrected chi connectivity index (χ4v) is 4.09. The van der Waals surface area contributed by atoms with Gasteiger partial charge in [0.15, 0.2) is 0 Å².